The van der Waals surface area contributed by atoms with Crippen molar-refractivity contribution < 1.29 is 9.90 Å². The Morgan fingerprint density at radius 3 is 2.42 bits per heavy atom. The molecule has 2 heteroatoms. The molecule has 0 aromatic heterocycles. The van der Waals surface area contributed by atoms with E-state index in [9.17, 15) is 9.90 Å². The highest BCUT2D eigenvalue weighted by Crippen LogP contribution is 2.38. The first kappa shape index (κ1) is 14.1. The van der Waals surface area contributed by atoms with Gasteiger partial charge in [-0.3, -0.25) is 4.79 Å². The first-order chi connectivity index (χ1) is 9.19. The quantitative estimate of drug-likeness (QED) is 0.823. The Bertz CT molecular complexity index is 407. The van der Waals surface area contributed by atoms with E-state index in [4.69, 9.17) is 0 Å². The molecule has 2 rings (SSSR count). The topological polar surface area (TPSA) is 37.3 Å². The summed E-state index contributed by atoms with van der Waals surface area (Å²) < 4.78 is 0. The van der Waals surface area contributed by atoms with Crippen molar-refractivity contribution in [3.05, 3.63) is 35.9 Å². The molecule has 0 amide bonds. The minimum Gasteiger partial charge on any atom is -0.481 e. The molecular formula is C17H24O2. The second kappa shape index (κ2) is 6.23. The lowest BCUT2D eigenvalue weighted by atomic mass is 9.73. The number of hydrogen-bond donors (Lipinski definition) is 1. The Morgan fingerprint density at radius 2 is 1.89 bits per heavy atom. The molecule has 1 aromatic carbocycles. The predicted molar refractivity (Wildman–Crippen MR) is 77.2 cm³/mol. The van der Waals surface area contributed by atoms with E-state index in [1.165, 1.54) is 25.7 Å². The van der Waals surface area contributed by atoms with Gasteiger partial charge in [-0.15, -0.1) is 0 Å². The van der Waals surface area contributed by atoms with Gasteiger partial charge in [0.25, 0.3) is 0 Å². The van der Waals surface area contributed by atoms with Crippen LogP contribution < -0.4 is 0 Å². The predicted octanol–water partition coefficient (Wildman–Crippen LogP) is 4.39. The minimum atomic E-state index is -0.691. The lowest BCUT2D eigenvalue weighted by Crippen LogP contribution is -2.35. The zero-order valence-electron chi connectivity index (χ0n) is 11.8. The molecule has 1 aliphatic rings. The molecule has 1 fully saturated rings. The summed E-state index contributed by atoms with van der Waals surface area (Å²) in [5.74, 6) is 0.0770. The van der Waals surface area contributed by atoms with E-state index in [1.807, 2.05) is 37.3 Å². The second-order valence-electron chi connectivity index (χ2n) is 5.80. The molecule has 19 heavy (non-hydrogen) atoms. The highest BCUT2D eigenvalue weighted by Gasteiger charge is 2.38. The van der Waals surface area contributed by atoms with Gasteiger partial charge in [-0.05, 0) is 30.7 Å². The van der Waals surface area contributed by atoms with E-state index in [0.29, 0.717) is 6.42 Å². The fraction of sp³-hybridized carbons (Fsp3) is 0.588. The Labute approximate surface area is 115 Å². The SMILES string of the molecule is CCC(CCC1CCCC1)(C(=O)O)c1ccccc1. The Morgan fingerprint density at radius 1 is 1.26 bits per heavy atom. The van der Waals surface area contributed by atoms with Gasteiger partial charge in [0.2, 0.25) is 0 Å². The maximum absolute atomic E-state index is 11.9. The molecule has 0 saturated heterocycles. The highest BCUT2D eigenvalue weighted by molar-refractivity contribution is 5.81. The first-order valence-corrected chi connectivity index (χ1v) is 7.48. The Hall–Kier alpha value is -1.31. The van der Waals surface area contributed by atoms with Crippen LogP contribution in [0, 0.1) is 5.92 Å². The van der Waals surface area contributed by atoms with Crippen LogP contribution in [-0.2, 0) is 10.2 Å². The molecule has 2 nitrogen and oxygen atoms in total. The Balaban J connectivity index is 2.16. The molecule has 0 spiro atoms. The van der Waals surface area contributed by atoms with Crippen LogP contribution in [0.15, 0.2) is 30.3 Å². The smallest absolute Gasteiger partial charge is 0.314 e. The number of carboxylic acid groups (broad SMARTS) is 1. The number of carbonyl (C=O) groups is 1. The fourth-order valence-corrected chi connectivity index (χ4v) is 3.41. The molecule has 104 valence electrons. The molecule has 0 aliphatic heterocycles. The molecule has 0 heterocycles. The molecule has 0 bridgehead atoms. The molecular weight excluding hydrogens is 236 g/mol. The summed E-state index contributed by atoms with van der Waals surface area (Å²) in [6.07, 6.45) is 7.70. The number of carboxylic acids is 1. The van der Waals surface area contributed by atoms with Gasteiger partial charge in [-0.2, -0.15) is 0 Å². The molecule has 1 atom stereocenters. The first-order valence-electron chi connectivity index (χ1n) is 7.48. The average Bonchev–Trinajstić information content (AvgIpc) is 2.94. The van der Waals surface area contributed by atoms with Crippen molar-refractivity contribution in [3.63, 3.8) is 0 Å². The third-order valence-corrected chi connectivity index (χ3v) is 4.79. The van der Waals surface area contributed by atoms with Crippen LogP contribution in [0.3, 0.4) is 0 Å². The summed E-state index contributed by atoms with van der Waals surface area (Å²) in [7, 11) is 0. The van der Waals surface area contributed by atoms with Gasteiger partial charge in [-0.1, -0.05) is 62.9 Å². The van der Waals surface area contributed by atoms with E-state index in [2.05, 4.69) is 0 Å². The Kier molecular flexibility index (Phi) is 4.62. The van der Waals surface area contributed by atoms with E-state index in [1.54, 1.807) is 0 Å². The van der Waals surface area contributed by atoms with Gasteiger partial charge in [0, 0.05) is 0 Å². The van der Waals surface area contributed by atoms with Crippen LogP contribution in [0.5, 0.6) is 0 Å². The standard InChI is InChI=1S/C17H24O2/c1-2-17(16(18)19,15-10-4-3-5-11-15)13-12-14-8-6-7-9-14/h3-5,10-11,14H,2,6-9,12-13H2,1H3,(H,18,19). The van der Waals surface area contributed by atoms with Crippen LogP contribution in [0.1, 0.15) is 57.4 Å². The van der Waals surface area contributed by atoms with Crippen molar-refractivity contribution in [1.82, 2.24) is 0 Å². The van der Waals surface area contributed by atoms with E-state index >= 15 is 0 Å². The third kappa shape index (κ3) is 2.99. The summed E-state index contributed by atoms with van der Waals surface area (Å²) in [4.78, 5) is 11.9. The van der Waals surface area contributed by atoms with Gasteiger partial charge in [-0.25, -0.2) is 0 Å². The van der Waals surface area contributed by atoms with E-state index in [-0.39, 0.29) is 0 Å². The van der Waals surface area contributed by atoms with Gasteiger partial charge in [0.05, 0.1) is 5.41 Å². The maximum atomic E-state index is 11.9. The number of benzene rings is 1. The van der Waals surface area contributed by atoms with Crippen molar-refractivity contribution in [1.29, 1.82) is 0 Å². The molecule has 1 unspecified atom stereocenters. The molecule has 1 aliphatic carbocycles. The van der Waals surface area contributed by atoms with Gasteiger partial charge in [0.1, 0.15) is 0 Å². The van der Waals surface area contributed by atoms with Crippen molar-refractivity contribution in [3.8, 4) is 0 Å². The fourth-order valence-electron chi connectivity index (χ4n) is 3.41. The van der Waals surface area contributed by atoms with Crippen molar-refractivity contribution in [2.45, 2.75) is 57.3 Å². The molecule has 1 saturated carbocycles. The minimum absolute atomic E-state index is 0.666. The second-order valence-corrected chi connectivity index (χ2v) is 5.80. The summed E-state index contributed by atoms with van der Waals surface area (Å²) in [6, 6.07) is 9.76. The average molecular weight is 260 g/mol. The summed E-state index contributed by atoms with van der Waals surface area (Å²) in [5.41, 5.74) is 0.270. The zero-order valence-corrected chi connectivity index (χ0v) is 11.8. The van der Waals surface area contributed by atoms with Crippen LogP contribution in [0.4, 0.5) is 0 Å². The number of aliphatic carboxylic acids is 1. The van der Waals surface area contributed by atoms with Crippen molar-refractivity contribution >= 4 is 5.97 Å². The lowest BCUT2D eigenvalue weighted by molar-refractivity contribution is -0.144. The monoisotopic (exact) mass is 260 g/mol. The normalized spacial score (nSPS) is 19.2. The van der Waals surface area contributed by atoms with Crippen LogP contribution in [0.2, 0.25) is 0 Å². The maximum Gasteiger partial charge on any atom is 0.314 e. The van der Waals surface area contributed by atoms with Gasteiger partial charge in [0.15, 0.2) is 0 Å². The van der Waals surface area contributed by atoms with Crippen molar-refractivity contribution in [2.75, 3.05) is 0 Å². The third-order valence-electron chi connectivity index (χ3n) is 4.79. The lowest BCUT2D eigenvalue weighted by Gasteiger charge is -2.30. The number of hydrogen-bond acceptors (Lipinski definition) is 1. The summed E-state index contributed by atoms with van der Waals surface area (Å²) >= 11 is 0. The summed E-state index contributed by atoms with van der Waals surface area (Å²) in [6.45, 7) is 2.00. The molecule has 0 radical (unpaired) electrons. The van der Waals surface area contributed by atoms with Crippen molar-refractivity contribution in [2.24, 2.45) is 5.92 Å². The largest absolute Gasteiger partial charge is 0.481 e. The summed E-state index contributed by atoms with van der Waals surface area (Å²) in [5, 5.41) is 9.75. The van der Waals surface area contributed by atoms with Crippen LogP contribution >= 0.6 is 0 Å². The highest BCUT2D eigenvalue weighted by atomic mass is 16.4. The van der Waals surface area contributed by atoms with E-state index < -0.39 is 11.4 Å². The molecule has 1 N–H and O–H groups in total. The van der Waals surface area contributed by atoms with Crippen LogP contribution in [0.25, 0.3) is 0 Å². The number of rotatable bonds is 6. The van der Waals surface area contributed by atoms with Crippen LogP contribution in [-0.4, -0.2) is 11.1 Å². The van der Waals surface area contributed by atoms with Gasteiger partial charge >= 0.3 is 5.97 Å². The van der Waals surface area contributed by atoms with Gasteiger partial charge < -0.3 is 5.11 Å². The molecule has 1 aromatic rings. The van der Waals surface area contributed by atoms with E-state index in [0.717, 1.165) is 24.3 Å². The zero-order chi connectivity index (χ0) is 13.7.